The first kappa shape index (κ1) is 14.2. The molecule has 1 aromatic heterocycles. The molecule has 0 amide bonds. The lowest BCUT2D eigenvalue weighted by Crippen LogP contribution is -2.20. The topological polar surface area (TPSA) is 41.1 Å². The van der Waals surface area contributed by atoms with Gasteiger partial charge in [-0.05, 0) is 31.5 Å². The zero-order valence-corrected chi connectivity index (χ0v) is 12.0. The van der Waals surface area contributed by atoms with Crippen LogP contribution in [-0.4, -0.2) is 23.6 Å². The summed E-state index contributed by atoms with van der Waals surface area (Å²) in [7, 11) is 1.94. The molecule has 2 aromatic rings. The predicted molar refractivity (Wildman–Crippen MR) is 79.4 cm³/mol. The van der Waals surface area contributed by atoms with E-state index in [1.54, 1.807) is 12.3 Å². The Morgan fingerprint density at radius 1 is 1.35 bits per heavy atom. The largest absolute Gasteiger partial charge is 0.355 e. The number of rotatable bonds is 5. The zero-order chi connectivity index (χ0) is 14.5. The second kappa shape index (κ2) is 6.32. The molecule has 0 spiro atoms. The van der Waals surface area contributed by atoms with Crippen molar-refractivity contribution < 1.29 is 4.39 Å². The van der Waals surface area contributed by atoms with Crippen LogP contribution >= 0.6 is 0 Å². The van der Waals surface area contributed by atoms with Crippen molar-refractivity contribution in [3.05, 3.63) is 47.4 Å². The van der Waals surface area contributed by atoms with Gasteiger partial charge in [0.1, 0.15) is 11.6 Å². The molecule has 4 nitrogen and oxygen atoms in total. The molecule has 0 atom stereocenters. The molecular weight excluding hydrogens is 255 g/mol. The first-order valence-electron chi connectivity index (χ1n) is 6.63. The number of aryl methyl sites for hydroxylation is 1. The van der Waals surface area contributed by atoms with Gasteiger partial charge in [-0.25, -0.2) is 9.37 Å². The molecule has 0 aliphatic rings. The number of hydrogen-bond acceptors (Lipinski definition) is 4. The zero-order valence-electron chi connectivity index (χ0n) is 12.0. The van der Waals surface area contributed by atoms with Gasteiger partial charge in [0.15, 0.2) is 0 Å². The van der Waals surface area contributed by atoms with Crippen LogP contribution in [0.5, 0.6) is 0 Å². The summed E-state index contributed by atoms with van der Waals surface area (Å²) in [6.45, 7) is 5.34. The van der Waals surface area contributed by atoms with Crippen LogP contribution in [-0.2, 0) is 6.54 Å². The Morgan fingerprint density at radius 2 is 2.15 bits per heavy atom. The molecule has 0 aliphatic carbocycles. The Hall–Kier alpha value is -2.17. The number of nitrogens with zero attached hydrogens (tertiary/aromatic N) is 3. The van der Waals surface area contributed by atoms with Crippen molar-refractivity contribution in [2.45, 2.75) is 20.4 Å². The number of anilines is 2. The lowest BCUT2D eigenvalue weighted by Gasteiger charge is -2.20. The van der Waals surface area contributed by atoms with Crippen LogP contribution < -0.4 is 10.2 Å². The number of nitrogens with one attached hydrogen (secondary N) is 1. The molecule has 2 rings (SSSR count). The van der Waals surface area contributed by atoms with Gasteiger partial charge in [0.2, 0.25) is 5.95 Å². The average Bonchev–Trinajstić information content (AvgIpc) is 2.41. The van der Waals surface area contributed by atoms with Crippen molar-refractivity contribution in [3.63, 3.8) is 0 Å². The predicted octanol–water partition coefficient (Wildman–Crippen LogP) is 2.99. The maximum atomic E-state index is 13.2. The van der Waals surface area contributed by atoms with E-state index in [1.165, 1.54) is 12.1 Å². The third-order valence-electron chi connectivity index (χ3n) is 2.95. The summed E-state index contributed by atoms with van der Waals surface area (Å²) < 4.78 is 13.2. The highest BCUT2D eigenvalue weighted by Gasteiger charge is 2.09. The average molecular weight is 274 g/mol. The maximum absolute atomic E-state index is 13.2. The smallest absolute Gasteiger partial charge is 0.224 e. The number of benzene rings is 1. The molecule has 0 saturated carbocycles. The Balaban J connectivity index is 2.19. The van der Waals surface area contributed by atoms with E-state index < -0.39 is 0 Å². The SMILES string of the molecule is CCNc1ncc(C)c(N(C)Cc2cccc(F)c2)n1. The van der Waals surface area contributed by atoms with Gasteiger partial charge in [-0.2, -0.15) is 4.98 Å². The molecule has 0 saturated heterocycles. The fourth-order valence-corrected chi connectivity index (χ4v) is 2.05. The van der Waals surface area contributed by atoms with Crippen molar-refractivity contribution in [3.8, 4) is 0 Å². The summed E-state index contributed by atoms with van der Waals surface area (Å²) in [5.41, 5.74) is 1.90. The van der Waals surface area contributed by atoms with Crippen LogP contribution in [0, 0.1) is 12.7 Å². The third-order valence-corrected chi connectivity index (χ3v) is 2.95. The van der Waals surface area contributed by atoms with Gasteiger partial charge in [-0.15, -0.1) is 0 Å². The van der Waals surface area contributed by atoms with E-state index in [-0.39, 0.29) is 5.82 Å². The van der Waals surface area contributed by atoms with Gasteiger partial charge in [-0.1, -0.05) is 12.1 Å². The van der Waals surface area contributed by atoms with E-state index in [1.807, 2.05) is 31.9 Å². The van der Waals surface area contributed by atoms with Crippen molar-refractivity contribution in [2.75, 3.05) is 23.8 Å². The van der Waals surface area contributed by atoms with E-state index in [4.69, 9.17) is 0 Å². The fourth-order valence-electron chi connectivity index (χ4n) is 2.05. The molecule has 1 aromatic carbocycles. The highest BCUT2D eigenvalue weighted by molar-refractivity contribution is 5.48. The standard InChI is InChI=1S/C15H19FN4/c1-4-17-15-18-9-11(2)14(19-15)20(3)10-12-6-5-7-13(16)8-12/h5-9H,4,10H2,1-3H3,(H,17,18,19). The van der Waals surface area contributed by atoms with E-state index in [2.05, 4.69) is 15.3 Å². The van der Waals surface area contributed by atoms with Gasteiger partial charge in [-0.3, -0.25) is 0 Å². The summed E-state index contributed by atoms with van der Waals surface area (Å²) in [5, 5.41) is 3.09. The molecule has 20 heavy (non-hydrogen) atoms. The molecule has 0 unspecified atom stereocenters. The quantitative estimate of drug-likeness (QED) is 0.910. The van der Waals surface area contributed by atoms with Gasteiger partial charge < -0.3 is 10.2 Å². The monoisotopic (exact) mass is 274 g/mol. The number of aromatic nitrogens is 2. The number of hydrogen-bond donors (Lipinski definition) is 1. The normalized spacial score (nSPS) is 10.4. The first-order chi connectivity index (χ1) is 9.60. The minimum atomic E-state index is -0.219. The van der Waals surface area contributed by atoms with Crippen molar-refractivity contribution in [1.82, 2.24) is 9.97 Å². The second-order valence-electron chi connectivity index (χ2n) is 4.72. The van der Waals surface area contributed by atoms with Gasteiger partial charge in [0, 0.05) is 31.9 Å². The molecule has 0 radical (unpaired) electrons. The highest BCUT2D eigenvalue weighted by atomic mass is 19.1. The lowest BCUT2D eigenvalue weighted by molar-refractivity contribution is 0.625. The van der Waals surface area contributed by atoms with Gasteiger partial charge in [0.25, 0.3) is 0 Å². The van der Waals surface area contributed by atoms with Gasteiger partial charge >= 0.3 is 0 Å². The van der Waals surface area contributed by atoms with E-state index in [0.717, 1.165) is 23.5 Å². The third kappa shape index (κ3) is 3.44. The van der Waals surface area contributed by atoms with Gasteiger partial charge in [0.05, 0.1) is 0 Å². The second-order valence-corrected chi connectivity index (χ2v) is 4.72. The minimum absolute atomic E-state index is 0.219. The van der Waals surface area contributed by atoms with Crippen LogP contribution in [0.15, 0.2) is 30.5 Å². The Morgan fingerprint density at radius 3 is 2.85 bits per heavy atom. The molecule has 1 heterocycles. The molecule has 5 heteroatoms. The van der Waals surface area contributed by atoms with E-state index >= 15 is 0 Å². The van der Waals surface area contributed by atoms with E-state index in [9.17, 15) is 4.39 Å². The summed E-state index contributed by atoms with van der Waals surface area (Å²) >= 11 is 0. The Labute approximate surface area is 118 Å². The molecule has 0 bridgehead atoms. The van der Waals surface area contributed by atoms with E-state index in [0.29, 0.717) is 12.5 Å². The summed E-state index contributed by atoms with van der Waals surface area (Å²) in [5.74, 6) is 1.24. The summed E-state index contributed by atoms with van der Waals surface area (Å²) in [6, 6.07) is 6.61. The maximum Gasteiger partial charge on any atom is 0.224 e. The summed E-state index contributed by atoms with van der Waals surface area (Å²) in [6.07, 6.45) is 1.79. The van der Waals surface area contributed by atoms with Crippen molar-refractivity contribution >= 4 is 11.8 Å². The first-order valence-corrected chi connectivity index (χ1v) is 6.63. The molecule has 0 fully saturated rings. The van der Waals surface area contributed by atoms with Crippen LogP contribution in [0.25, 0.3) is 0 Å². The fraction of sp³-hybridized carbons (Fsp3) is 0.333. The molecule has 1 N–H and O–H groups in total. The Kier molecular flexibility index (Phi) is 4.50. The number of halogens is 1. The van der Waals surface area contributed by atoms with Crippen LogP contribution in [0.4, 0.5) is 16.2 Å². The van der Waals surface area contributed by atoms with Crippen LogP contribution in [0.2, 0.25) is 0 Å². The van der Waals surface area contributed by atoms with Crippen LogP contribution in [0.3, 0.4) is 0 Å². The lowest BCUT2D eigenvalue weighted by atomic mass is 10.2. The Bertz CT molecular complexity index is 586. The summed E-state index contributed by atoms with van der Waals surface area (Å²) in [4.78, 5) is 10.7. The molecular formula is C15H19FN4. The van der Waals surface area contributed by atoms with Crippen LogP contribution in [0.1, 0.15) is 18.1 Å². The molecule has 106 valence electrons. The van der Waals surface area contributed by atoms with Crippen molar-refractivity contribution in [1.29, 1.82) is 0 Å². The highest BCUT2D eigenvalue weighted by Crippen LogP contribution is 2.19. The van der Waals surface area contributed by atoms with Crippen molar-refractivity contribution in [2.24, 2.45) is 0 Å². The molecule has 0 aliphatic heterocycles. The minimum Gasteiger partial charge on any atom is -0.355 e.